The van der Waals surface area contributed by atoms with Crippen LogP contribution in [0.5, 0.6) is 0 Å². The largest absolute Gasteiger partial charge is 0.500 e. The Morgan fingerprint density at radius 2 is 1.57 bits per heavy atom. The second-order valence-corrected chi connectivity index (χ2v) is 7.83. The molecule has 0 amide bonds. The second kappa shape index (κ2) is 9.25. The van der Waals surface area contributed by atoms with Crippen LogP contribution >= 0.6 is 0 Å². The van der Waals surface area contributed by atoms with Crippen LogP contribution in [0.1, 0.15) is 31.7 Å². The van der Waals surface area contributed by atoms with E-state index in [0.29, 0.717) is 18.6 Å². The number of hydrogen-bond acceptors (Lipinski definition) is 3. The lowest BCUT2D eigenvalue weighted by molar-refractivity contribution is 0.103. The first kappa shape index (κ1) is 18.2. The van der Waals surface area contributed by atoms with Crippen LogP contribution in [0, 0.1) is 11.6 Å². The molecule has 0 heterocycles. The van der Waals surface area contributed by atoms with Crippen LogP contribution in [0.25, 0.3) is 0 Å². The van der Waals surface area contributed by atoms with E-state index in [1.165, 1.54) is 12.1 Å². The van der Waals surface area contributed by atoms with E-state index < -0.39 is 20.4 Å². The number of hydrogen-bond donors (Lipinski definition) is 0. The molecule has 21 heavy (non-hydrogen) atoms. The van der Waals surface area contributed by atoms with Gasteiger partial charge in [0.2, 0.25) is 0 Å². The van der Waals surface area contributed by atoms with Crippen molar-refractivity contribution in [1.29, 1.82) is 0 Å². The predicted molar refractivity (Wildman–Crippen MR) is 80.1 cm³/mol. The van der Waals surface area contributed by atoms with E-state index in [0.717, 1.165) is 31.4 Å². The van der Waals surface area contributed by atoms with E-state index in [-0.39, 0.29) is 0 Å². The average molecular weight is 318 g/mol. The summed E-state index contributed by atoms with van der Waals surface area (Å²) >= 11 is 0. The third-order valence-electron chi connectivity index (χ3n) is 3.36. The molecule has 0 unspecified atom stereocenters. The summed E-state index contributed by atoms with van der Waals surface area (Å²) in [6, 6.07) is 4.41. The fourth-order valence-electron chi connectivity index (χ4n) is 2.30. The lowest BCUT2D eigenvalue weighted by Crippen LogP contribution is -2.43. The Balaban J connectivity index is 2.33. The first-order valence-electron chi connectivity index (χ1n) is 7.24. The number of halogens is 2. The molecular formula is C15H24F2O3Si. The van der Waals surface area contributed by atoms with Crippen molar-refractivity contribution in [1.82, 2.24) is 0 Å². The zero-order chi connectivity index (χ0) is 15.7. The summed E-state index contributed by atoms with van der Waals surface area (Å²) < 4.78 is 42.6. The molecule has 0 N–H and O–H groups in total. The zero-order valence-corrected chi connectivity index (χ0v) is 14.0. The van der Waals surface area contributed by atoms with Gasteiger partial charge in [-0.1, -0.05) is 6.42 Å². The minimum Gasteiger partial charge on any atom is -0.377 e. The molecule has 0 fully saturated rings. The Morgan fingerprint density at radius 1 is 0.952 bits per heavy atom. The Kier molecular flexibility index (Phi) is 8.03. The predicted octanol–water partition coefficient (Wildman–Crippen LogP) is 3.95. The number of benzene rings is 1. The van der Waals surface area contributed by atoms with Crippen LogP contribution in [0.4, 0.5) is 8.78 Å². The van der Waals surface area contributed by atoms with E-state index in [2.05, 4.69) is 0 Å². The molecule has 1 rings (SSSR count). The Labute approximate surface area is 126 Å². The van der Waals surface area contributed by atoms with Gasteiger partial charge in [-0.05, 0) is 43.9 Å². The molecule has 0 atom stereocenters. The standard InChI is InChI=1S/C15H24F2O3Si/c1-4-20-21(18-2,19-3)9-7-5-6-8-13-10-14(16)12-15(17)11-13/h10-12H,4-9H2,1-3H3. The minimum atomic E-state index is -2.51. The van der Waals surface area contributed by atoms with E-state index in [1.54, 1.807) is 14.2 Å². The smallest absolute Gasteiger partial charge is 0.377 e. The van der Waals surface area contributed by atoms with E-state index >= 15 is 0 Å². The lowest BCUT2D eigenvalue weighted by atomic mass is 10.1. The molecule has 3 nitrogen and oxygen atoms in total. The Morgan fingerprint density at radius 3 is 2.10 bits per heavy atom. The zero-order valence-electron chi connectivity index (χ0n) is 13.0. The van der Waals surface area contributed by atoms with Gasteiger partial charge in [-0.2, -0.15) is 0 Å². The van der Waals surface area contributed by atoms with Crippen molar-refractivity contribution < 1.29 is 22.1 Å². The maximum atomic E-state index is 13.1. The van der Waals surface area contributed by atoms with Crippen molar-refractivity contribution >= 4 is 8.80 Å². The first-order chi connectivity index (χ1) is 10.0. The van der Waals surface area contributed by atoms with Crippen molar-refractivity contribution in [2.45, 2.75) is 38.7 Å². The molecule has 0 aliphatic rings. The van der Waals surface area contributed by atoms with Gasteiger partial charge in [-0.15, -0.1) is 0 Å². The summed E-state index contributed by atoms with van der Waals surface area (Å²) in [7, 11) is 0.713. The highest BCUT2D eigenvalue weighted by molar-refractivity contribution is 6.60. The summed E-state index contributed by atoms with van der Waals surface area (Å²) in [5.74, 6) is -1.04. The summed E-state index contributed by atoms with van der Waals surface area (Å²) in [5, 5.41) is 0. The Hall–Kier alpha value is -0.823. The summed E-state index contributed by atoms with van der Waals surface area (Å²) in [5.41, 5.74) is 0.694. The molecule has 1 aromatic carbocycles. The second-order valence-electron chi connectivity index (χ2n) is 4.86. The van der Waals surface area contributed by atoms with Gasteiger partial charge < -0.3 is 13.3 Å². The maximum absolute atomic E-state index is 13.1. The minimum absolute atomic E-state index is 0.522. The van der Waals surface area contributed by atoms with Gasteiger partial charge in [-0.25, -0.2) is 8.78 Å². The topological polar surface area (TPSA) is 27.7 Å². The number of aryl methyl sites for hydroxylation is 1. The highest BCUT2D eigenvalue weighted by Gasteiger charge is 2.37. The SMILES string of the molecule is CCO[Si](CCCCCc1cc(F)cc(F)c1)(OC)OC. The van der Waals surface area contributed by atoms with Gasteiger partial charge >= 0.3 is 8.80 Å². The molecule has 0 saturated heterocycles. The summed E-state index contributed by atoms with van der Waals surface area (Å²) in [6.07, 6.45) is 3.38. The van der Waals surface area contributed by atoms with Gasteiger partial charge in [0.1, 0.15) is 11.6 Å². The molecule has 1 aromatic rings. The fraction of sp³-hybridized carbons (Fsp3) is 0.600. The summed E-state index contributed by atoms with van der Waals surface area (Å²) in [6.45, 7) is 2.48. The van der Waals surface area contributed by atoms with Gasteiger partial charge in [-0.3, -0.25) is 0 Å². The summed E-state index contributed by atoms with van der Waals surface area (Å²) in [4.78, 5) is 0. The molecule has 6 heteroatoms. The van der Waals surface area contributed by atoms with Crippen LogP contribution in [-0.4, -0.2) is 29.6 Å². The van der Waals surface area contributed by atoms with E-state index in [4.69, 9.17) is 13.3 Å². The highest BCUT2D eigenvalue weighted by atomic mass is 28.4. The van der Waals surface area contributed by atoms with Crippen molar-refractivity contribution in [2.75, 3.05) is 20.8 Å². The Bertz CT molecular complexity index is 405. The van der Waals surface area contributed by atoms with Gasteiger partial charge in [0.15, 0.2) is 0 Å². The first-order valence-corrected chi connectivity index (χ1v) is 9.17. The van der Waals surface area contributed by atoms with Crippen LogP contribution in [0.15, 0.2) is 18.2 Å². The third kappa shape index (κ3) is 6.21. The monoisotopic (exact) mass is 318 g/mol. The van der Waals surface area contributed by atoms with Crippen LogP contribution in [0.2, 0.25) is 6.04 Å². The molecular weight excluding hydrogens is 294 g/mol. The molecule has 0 radical (unpaired) electrons. The van der Waals surface area contributed by atoms with Crippen molar-refractivity contribution in [3.05, 3.63) is 35.4 Å². The third-order valence-corrected chi connectivity index (χ3v) is 6.30. The molecule has 0 spiro atoms. The average Bonchev–Trinajstić information content (AvgIpc) is 2.45. The van der Waals surface area contributed by atoms with Gasteiger partial charge in [0, 0.05) is 32.9 Å². The maximum Gasteiger partial charge on any atom is 0.500 e. The molecule has 0 aliphatic heterocycles. The highest BCUT2D eigenvalue weighted by Crippen LogP contribution is 2.19. The van der Waals surface area contributed by atoms with Crippen molar-refractivity contribution in [2.24, 2.45) is 0 Å². The van der Waals surface area contributed by atoms with E-state index in [1.807, 2.05) is 6.92 Å². The fourth-order valence-corrected chi connectivity index (χ4v) is 4.38. The van der Waals surface area contributed by atoms with Gasteiger partial charge in [0.25, 0.3) is 0 Å². The molecule has 120 valence electrons. The molecule has 0 saturated carbocycles. The van der Waals surface area contributed by atoms with Crippen LogP contribution < -0.4 is 0 Å². The quantitative estimate of drug-likeness (QED) is 0.483. The van der Waals surface area contributed by atoms with Crippen molar-refractivity contribution in [3.8, 4) is 0 Å². The molecule has 0 aromatic heterocycles. The van der Waals surface area contributed by atoms with E-state index in [9.17, 15) is 8.78 Å². The van der Waals surface area contributed by atoms with Gasteiger partial charge in [0.05, 0.1) is 0 Å². The van der Waals surface area contributed by atoms with Crippen LogP contribution in [-0.2, 0) is 19.7 Å². The molecule has 0 bridgehead atoms. The number of unbranched alkanes of at least 4 members (excludes halogenated alkanes) is 2. The van der Waals surface area contributed by atoms with Crippen molar-refractivity contribution in [3.63, 3.8) is 0 Å². The molecule has 0 aliphatic carbocycles. The number of rotatable bonds is 10. The normalized spacial score (nSPS) is 11.9. The lowest BCUT2D eigenvalue weighted by Gasteiger charge is -2.25. The van der Waals surface area contributed by atoms with Crippen LogP contribution in [0.3, 0.4) is 0 Å².